The number of carbonyl (C=O) groups excluding carboxylic acids is 1. The molecule has 7 nitrogen and oxygen atoms in total. The highest BCUT2D eigenvalue weighted by Crippen LogP contribution is 2.20. The first-order chi connectivity index (χ1) is 13.6. The molecule has 0 fully saturated rings. The van der Waals surface area contributed by atoms with Crippen LogP contribution in [0.2, 0.25) is 0 Å². The zero-order valence-corrected chi connectivity index (χ0v) is 16.6. The van der Waals surface area contributed by atoms with Crippen LogP contribution in [0.15, 0.2) is 53.7 Å². The molecule has 1 aromatic heterocycles. The maximum Gasteiger partial charge on any atom is 0.214 e. The second kappa shape index (κ2) is 9.48. The van der Waals surface area contributed by atoms with E-state index in [-0.39, 0.29) is 12.4 Å². The molecule has 28 heavy (non-hydrogen) atoms. The lowest BCUT2D eigenvalue weighted by Gasteiger charge is -2.12. The standard InChI is InChI=1S/C20H22N4O3S/c1-3-19(26)15-6-10-18(11-7-15)27-12-17(25)13-28-20-21-22-23-24(20)16-8-4-14(2)5-9-16/h4-11,17,25H,3,12-13H2,1-2H3/t17-/m1/s1. The van der Waals surface area contributed by atoms with Gasteiger partial charge in [0.15, 0.2) is 5.78 Å². The van der Waals surface area contributed by atoms with Gasteiger partial charge in [-0.05, 0) is 53.7 Å². The number of tetrazole rings is 1. The summed E-state index contributed by atoms with van der Waals surface area (Å²) in [5.41, 5.74) is 2.69. The van der Waals surface area contributed by atoms with E-state index in [1.807, 2.05) is 38.1 Å². The SMILES string of the molecule is CCC(=O)c1ccc(OC[C@@H](O)CSc2nnnn2-c2ccc(C)cc2)cc1. The smallest absolute Gasteiger partial charge is 0.214 e. The summed E-state index contributed by atoms with van der Waals surface area (Å²) >= 11 is 1.36. The van der Waals surface area contributed by atoms with Crippen LogP contribution in [0.1, 0.15) is 29.3 Å². The number of hydrogen-bond donors (Lipinski definition) is 1. The molecule has 8 heteroatoms. The van der Waals surface area contributed by atoms with Crippen molar-refractivity contribution >= 4 is 17.5 Å². The van der Waals surface area contributed by atoms with Gasteiger partial charge in [0, 0.05) is 17.7 Å². The molecule has 1 heterocycles. The fourth-order valence-corrected chi connectivity index (χ4v) is 3.27. The molecule has 146 valence electrons. The second-order valence-corrected chi connectivity index (χ2v) is 7.27. The largest absolute Gasteiger partial charge is 0.491 e. The minimum atomic E-state index is -0.690. The second-order valence-electron chi connectivity index (χ2n) is 6.29. The Balaban J connectivity index is 1.51. The van der Waals surface area contributed by atoms with Crippen LogP contribution in [0.3, 0.4) is 0 Å². The molecule has 0 bridgehead atoms. The van der Waals surface area contributed by atoms with Gasteiger partial charge in [0.2, 0.25) is 5.16 Å². The van der Waals surface area contributed by atoms with Crippen LogP contribution in [-0.2, 0) is 0 Å². The van der Waals surface area contributed by atoms with Gasteiger partial charge in [0.25, 0.3) is 0 Å². The number of ketones is 1. The van der Waals surface area contributed by atoms with Crippen LogP contribution in [-0.4, -0.2) is 49.6 Å². The molecule has 0 radical (unpaired) electrons. The third-order valence-corrected chi connectivity index (χ3v) is 5.13. The highest BCUT2D eigenvalue weighted by atomic mass is 32.2. The van der Waals surface area contributed by atoms with E-state index in [9.17, 15) is 9.90 Å². The molecule has 0 amide bonds. The average Bonchev–Trinajstić information content (AvgIpc) is 3.19. The number of aryl methyl sites for hydroxylation is 1. The van der Waals surface area contributed by atoms with E-state index in [2.05, 4.69) is 15.5 Å². The van der Waals surface area contributed by atoms with Gasteiger partial charge in [0.1, 0.15) is 12.4 Å². The van der Waals surface area contributed by atoms with Crippen molar-refractivity contribution in [2.24, 2.45) is 0 Å². The lowest BCUT2D eigenvalue weighted by Crippen LogP contribution is -2.20. The van der Waals surface area contributed by atoms with Crippen LogP contribution in [0.25, 0.3) is 5.69 Å². The molecular formula is C20H22N4O3S. The Bertz CT molecular complexity index is 910. The number of Topliss-reactive ketones (excluding diaryl/α,β-unsaturated/α-hetero) is 1. The van der Waals surface area contributed by atoms with E-state index in [4.69, 9.17) is 4.74 Å². The van der Waals surface area contributed by atoms with E-state index in [0.717, 1.165) is 11.3 Å². The van der Waals surface area contributed by atoms with Gasteiger partial charge in [-0.1, -0.05) is 36.4 Å². The molecule has 0 aliphatic heterocycles. The molecule has 0 unspecified atom stereocenters. The third-order valence-electron chi connectivity index (χ3n) is 4.06. The fraction of sp³-hybridized carbons (Fsp3) is 0.300. The average molecular weight is 398 g/mol. The first kappa shape index (κ1) is 20.0. The van der Waals surface area contributed by atoms with E-state index in [1.165, 1.54) is 11.8 Å². The van der Waals surface area contributed by atoms with Crippen LogP contribution < -0.4 is 4.74 Å². The number of carbonyl (C=O) groups is 1. The van der Waals surface area contributed by atoms with Crippen molar-refractivity contribution in [2.45, 2.75) is 31.5 Å². The third kappa shape index (κ3) is 5.17. The number of nitrogens with zero attached hydrogens (tertiary/aromatic N) is 4. The predicted octanol–water partition coefficient (Wildman–Crippen LogP) is 3.10. The quantitative estimate of drug-likeness (QED) is 0.437. The fourth-order valence-electron chi connectivity index (χ4n) is 2.47. The van der Waals surface area contributed by atoms with Gasteiger partial charge in [-0.15, -0.1) is 5.10 Å². The highest BCUT2D eigenvalue weighted by Gasteiger charge is 2.13. The number of hydrogen-bond acceptors (Lipinski definition) is 7. The molecule has 0 aliphatic rings. The molecule has 0 spiro atoms. The lowest BCUT2D eigenvalue weighted by atomic mass is 10.1. The Kier molecular flexibility index (Phi) is 6.78. The Labute approximate surface area is 167 Å². The van der Waals surface area contributed by atoms with Gasteiger partial charge < -0.3 is 9.84 Å². The Morgan fingerprint density at radius 1 is 1.18 bits per heavy atom. The summed E-state index contributed by atoms with van der Waals surface area (Å²) in [5, 5.41) is 22.6. The van der Waals surface area contributed by atoms with Crippen LogP contribution in [0, 0.1) is 6.92 Å². The van der Waals surface area contributed by atoms with Gasteiger partial charge in [-0.25, -0.2) is 0 Å². The van der Waals surface area contributed by atoms with Gasteiger partial charge >= 0.3 is 0 Å². The number of ether oxygens (including phenoxy) is 1. The number of aliphatic hydroxyl groups excluding tert-OH is 1. The molecule has 0 saturated carbocycles. The predicted molar refractivity (Wildman–Crippen MR) is 107 cm³/mol. The number of aliphatic hydroxyl groups is 1. The number of thioether (sulfide) groups is 1. The minimum Gasteiger partial charge on any atom is -0.491 e. The van der Waals surface area contributed by atoms with Crippen molar-refractivity contribution in [3.8, 4) is 11.4 Å². The molecule has 3 aromatic rings. The van der Waals surface area contributed by atoms with Crippen molar-refractivity contribution < 1.29 is 14.6 Å². The normalized spacial score (nSPS) is 12.0. The van der Waals surface area contributed by atoms with E-state index < -0.39 is 6.10 Å². The highest BCUT2D eigenvalue weighted by molar-refractivity contribution is 7.99. The monoisotopic (exact) mass is 398 g/mol. The van der Waals surface area contributed by atoms with Gasteiger partial charge in [0.05, 0.1) is 11.8 Å². The molecule has 1 N–H and O–H groups in total. The van der Waals surface area contributed by atoms with Crippen molar-refractivity contribution in [3.05, 3.63) is 59.7 Å². The van der Waals surface area contributed by atoms with E-state index >= 15 is 0 Å². The van der Waals surface area contributed by atoms with Gasteiger partial charge in [-0.3, -0.25) is 4.79 Å². The van der Waals surface area contributed by atoms with Gasteiger partial charge in [-0.2, -0.15) is 4.68 Å². The Hall–Kier alpha value is -2.71. The van der Waals surface area contributed by atoms with E-state index in [1.54, 1.807) is 28.9 Å². The summed E-state index contributed by atoms with van der Waals surface area (Å²) < 4.78 is 7.24. The molecule has 2 aromatic carbocycles. The lowest BCUT2D eigenvalue weighted by molar-refractivity contribution is 0.0987. The molecule has 0 saturated heterocycles. The summed E-state index contributed by atoms with van der Waals surface area (Å²) in [6, 6.07) is 14.8. The first-order valence-corrected chi connectivity index (χ1v) is 9.97. The summed E-state index contributed by atoms with van der Waals surface area (Å²) in [6.45, 7) is 3.99. The van der Waals surface area contributed by atoms with E-state index in [0.29, 0.717) is 28.6 Å². The molecule has 0 aliphatic carbocycles. The molecule has 1 atom stereocenters. The molecule has 3 rings (SSSR count). The zero-order chi connectivity index (χ0) is 19.9. The number of rotatable bonds is 9. The van der Waals surface area contributed by atoms with Crippen LogP contribution in [0.4, 0.5) is 0 Å². The summed E-state index contributed by atoms with van der Waals surface area (Å²) in [5.74, 6) is 1.09. The number of benzene rings is 2. The molecular weight excluding hydrogens is 376 g/mol. The van der Waals surface area contributed by atoms with Crippen molar-refractivity contribution in [3.63, 3.8) is 0 Å². The summed E-state index contributed by atoms with van der Waals surface area (Å²) in [4.78, 5) is 11.6. The Morgan fingerprint density at radius 3 is 2.57 bits per heavy atom. The first-order valence-electron chi connectivity index (χ1n) is 8.99. The Morgan fingerprint density at radius 2 is 1.89 bits per heavy atom. The maximum atomic E-state index is 11.6. The van der Waals surface area contributed by atoms with Crippen LogP contribution in [0.5, 0.6) is 5.75 Å². The van der Waals surface area contributed by atoms with Crippen molar-refractivity contribution in [1.82, 2.24) is 20.2 Å². The number of aromatic nitrogens is 4. The summed E-state index contributed by atoms with van der Waals surface area (Å²) in [7, 11) is 0. The maximum absolute atomic E-state index is 11.6. The minimum absolute atomic E-state index is 0.0919. The van der Waals surface area contributed by atoms with Crippen molar-refractivity contribution in [1.29, 1.82) is 0 Å². The summed E-state index contributed by atoms with van der Waals surface area (Å²) in [6.07, 6.45) is -0.219. The van der Waals surface area contributed by atoms with Crippen molar-refractivity contribution in [2.75, 3.05) is 12.4 Å². The topological polar surface area (TPSA) is 90.1 Å². The van der Waals surface area contributed by atoms with Crippen LogP contribution >= 0.6 is 11.8 Å². The zero-order valence-electron chi connectivity index (χ0n) is 15.8.